The molecule has 0 aromatic carbocycles. The average Bonchev–Trinajstić information content (AvgIpc) is 3.26. The highest BCUT2D eigenvalue weighted by atomic mass is 32.1. The first-order valence-corrected chi connectivity index (χ1v) is 11.8. The van der Waals surface area contributed by atoms with Crippen molar-refractivity contribution >= 4 is 17.6 Å². The van der Waals surface area contributed by atoms with Crippen molar-refractivity contribution in [1.29, 1.82) is 5.26 Å². The van der Waals surface area contributed by atoms with Crippen molar-refractivity contribution in [2.45, 2.75) is 76.9 Å². The zero-order valence-electron chi connectivity index (χ0n) is 17.3. The van der Waals surface area contributed by atoms with Gasteiger partial charge in [0.25, 0.3) is 0 Å². The monoisotopic (exact) mass is 415 g/mol. The lowest BCUT2D eigenvalue weighted by molar-refractivity contribution is -0.0355. The molecule has 2 saturated carbocycles. The van der Waals surface area contributed by atoms with E-state index in [1.165, 1.54) is 22.6 Å². The third-order valence-corrected chi connectivity index (χ3v) is 8.42. The lowest BCUT2D eigenvalue weighted by Gasteiger charge is -2.45. The van der Waals surface area contributed by atoms with Gasteiger partial charge in [0, 0.05) is 10.8 Å². The lowest BCUT2D eigenvalue weighted by atomic mass is 9.63. The maximum absolute atomic E-state index is 10.8. The van der Waals surface area contributed by atoms with Gasteiger partial charge in [-0.3, -0.25) is 4.79 Å². The number of aliphatic hydroxyl groups excluding tert-OH is 2. The Morgan fingerprint density at radius 1 is 1.41 bits per heavy atom. The molecule has 29 heavy (non-hydrogen) atoms. The number of nitrogens with zero attached hydrogens (tertiary/aromatic N) is 1. The largest absolute Gasteiger partial charge is 0.392 e. The molecular weight excluding hydrogens is 382 g/mol. The number of thiophene rings is 1. The summed E-state index contributed by atoms with van der Waals surface area (Å²) < 4.78 is 0. The van der Waals surface area contributed by atoms with Gasteiger partial charge in [-0.15, -0.1) is 11.3 Å². The van der Waals surface area contributed by atoms with Crippen molar-refractivity contribution in [2.24, 2.45) is 23.2 Å². The van der Waals surface area contributed by atoms with Crippen molar-refractivity contribution < 1.29 is 15.0 Å². The van der Waals surface area contributed by atoms with Crippen LogP contribution in [0.15, 0.2) is 24.3 Å². The molecule has 1 heterocycles. The zero-order valence-corrected chi connectivity index (χ0v) is 18.1. The number of rotatable bonds is 10. The van der Waals surface area contributed by atoms with Gasteiger partial charge in [-0.05, 0) is 74.8 Å². The van der Waals surface area contributed by atoms with Gasteiger partial charge in [-0.2, -0.15) is 5.26 Å². The SMILES string of the molecule is CCC1(C(O)C/C=C/C2C(O)CC(C#N)[C@@H]2CCCc2ccc(C=O)s2)CCC1. The highest BCUT2D eigenvalue weighted by Gasteiger charge is 2.42. The van der Waals surface area contributed by atoms with E-state index in [0.717, 1.165) is 49.7 Å². The van der Waals surface area contributed by atoms with E-state index in [2.05, 4.69) is 19.1 Å². The summed E-state index contributed by atoms with van der Waals surface area (Å²) in [6.07, 6.45) is 12.5. The Hall–Kier alpha value is -1.48. The first-order chi connectivity index (χ1) is 14.0. The molecule has 0 bridgehead atoms. The fourth-order valence-electron chi connectivity index (χ4n) is 5.23. The molecule has 1 aromatic rings. The van der Waals surface area contributed by atoms with Gasteiger partial charge >= 0.3 is 0 Å². The number of aryl methyl sites for hydroxylation is 1. The van der Waals surface area contributed by atoms with Crippen LogP contribution in [0.4, 0.5) is 0 Å². The molecule has 0 aliphatic heterocycles. The van der Waals surface area contributed by atoms with Crippen LogP contribution in [0, 0.1) is 34.5 Å². The number of carbonyl (C=O) groups is 1. The van der Waals surface area contributed by atoms with Gasteiger partial charge in [0.2, 0.25) is 0 Å². The molecule has 0 saturated heterocycles. The summed E-state index contributed by atoms with van der Waals surface area (Å²) in [5, 5.41) is 30.7. The second-order valence-corrected chi connectivity index (χ2v) is 10.0. The fraction of sp³-hybridized carbons (Fsp3) is 0.667. The van der Waals surface area contributed by atoms with Crippen LogP contribution in [0.1, 0.15) is 72.8 Å². The predicted octanol–water partition coefficient (Wildman–Crippen LogP) is 4.91. The van der Waals surface area contributed by atoms with Crippen LogP contribution in [0.3, 0.4) is 0 Å². The Labute approximate surface area is 178 Å². The average molecular weight is 416 g/mol. The molecule has 1 aromatic heterocycles. The van der Waals surface area contributed by atoms with E-state index < -0.39 is 6.10 Å². The first kappa shape index (κ1) is 22.2. The van der Waals surface area contributed by atoms with Gasteiger partial charge in [0.1, 0.15) is 0 Å². The number of hydrogen-bond donors (Lipinski definition) is 2. The minimum absolute atomic E-state index is 0.0142. The molecule has 2 aliphatic rings. The van der Waals surface area contributed by atoms with E-state index in [1.54, 1.807) is 0 Å². The Balaban J connectivity index is 1.56. The highest BCUT2D eigenvalue weighted by Crippen LogP contribution is 2.48. The smallest absolute Gasteiger partial charge is 0.160 e. The molecule has 4 nitrogen and oxygen atoms in total. The van der Waals surface area contributed by atoms with Crippen LogP contribution in [0.2, 0.25) is 0 Å². The molecule has 2 N–H and O–H groups in total. The second kappa shape index (κ2) is 10.0. The van der Waals surface area contributed by atoms with Crippen molar-refractivity contribution in [3.05, 3.63) is 34.0 Å². The molecule has 5 heteroatoms. The summed E-state index contributed by atoms with van der Waals surface area (Å²) >= 11 is 1.53. The van der Waals surface area contributed by atoms with Crippen molar-refractivity contribution in [1.82, 2.24) is 0 Å². The van der Waals surface area contributed by atoms with Gasteiger partial charge in [0.15, 0.2) is 6.29 Å². The van der Waals surface area contributed by atoms with E-state index >= 15 is 0 Å². The van der Waals surface area contributed by atoms with Gasteiger partial charge in [-0.1, -0.05) is 25.5 Å². The van der Waals surface area contributed by atoms with Crippen LogP contribution < -0.4 is 0 Å². The number of carbonyl (C=O) groups excluding carboxylic acids is 1. The highest BCUT2D eigenvalue weighted by molar-refractivity contribution is 7.13. The van der Waals surface area contributed by atoms with Gasteiger partial charge in [-0.25, -0.2) is 0 Å². The minimum Gasteiger partial charge on any atom is -0.392 e. The Morgan fingerprint density at radius 3 is 2.79 bits per heavy atom. The zero-order chi connectivity index (χ0) is 20.9. The molecule has 2 aliphatic carbocycles. The van der Waals surface area contributed by atoms with E-state index in [0.29, 0.717) is 12.8 Å². The van der Waals surface area contributed by atoms with Crippen molar-refractivity contribution in [3.8, 4) is 6.07 Å². The molecule has 0 spiro atoms. The van der Waals surface area contributed by atoms with Crippen LogP contribution in [-0.2, 0) is 6.42 Å². The molecule has 158 valence electrons. The maximum Gasteiger partial charge on any atom is 0.160 e. The standard InChI is InChI=1S/C24H33NO3S/c1-2-24(12-5-13-24)23(28)9-4-8-21-20(17(15-25)14-22(21)27)7-3-6-18-10-11-19(16-26)29-18/h4,8,10-11,16-17,20-23,27-28H,2-3,5-7,9,12-14H2,1H3/b8-4+/t17?,20-,21?,22?,23?/m0/s1. The topological polar surface area (TPSA) is 81.3 Å². The van der Waals surface area contributed by atoms with Gasteiger partial charge in [0.05, 0.1) is 29.1 Å². The van der Waals surface area contributed by atoms with Crippen molar-refractivity contribution in [3.63, 3.8) is 0 Å². The fourth-order valence-corrected chi connectivity index (χ4v) is 6.10. The third-order valence-electron chi connectivity index (χ3n) is 7.35. The van der Waals surface area contributed by atoms with E-state index in [9.17, 15) is 20.3 Å². The van der Waals surface area contributed by atoms with Gasteiger partial charge < -0.3 is 10.2 Å². The van der Waals surface area contributed by atoms with Crippen LogP contribution in [-0.4, -0.2) is 28.7 Å². The summed E-state index contributed by atoms with van der Waals surface area (Å²) in [6.45, 7) is 2.16. The van der Waals surface area contributed by atoms with Crippen molar-refractivity contribution in [2.75, 3.05) is 0 Å². The Morgan fingerprint density at radius 2 is 2.21 bits per heavy atom. The molecule has 2 fully saturated rings. The molecule has 0 amide bonds. The lowest BCUT2D eigenvalue weighted by Crippen LogP contribution is -2.40. The van der Waals surface area contributed by atoms with E-state index in [-0.39, 0.29) is 29.3 Å². The molecule has 0 radical (unpaired) electrons. The quantitative estimate of drug-likeness (QED) is 0.420. The molecule has 5 atom stereocenters. The summed E-state index contributed by atoms with van der Waals surface area (Å²) in [4.78, 5) is 12.8. The number of nitriles is 1. The summed E-state index contributed by atoms with van der Waals surface area (Å²) in [5.74, 6) is 0.0180. The minimum atomic E-state index is -0.481. The summed E-state index contributed by atoms with van der Waals surface area (Å²) in [6, 6.07) is 6.26. The predicted molar refractivity (Wildman–Crippen MR) is 116 cm³/mol. The first-order valence-electron chi connectivity index (χ1n) is 11.0. The number of aliphatic hydroxyl groups is 2. The van der Waals surface area contributed by atoms with Crippen LogP contribution in [0.25, 0.3) is 0 Å². The Kier molecular flexibility index (Phi) is 7.67. The maximum atomic E-state index is 10.8. The number of aldehydes is 1. The van der Waals surface area contributed by atoms with Crippen LogP contribution in [0.5, 0.6) is 0 Å². The Bertz CT molecular complexity index is 740. The van der Waals surface area contributed by atoms with Crippen LogP contribution >= 0.6 is 11.3 Å². The van der Waals surface area contributed by atoms with E-state index in [4.69, 9.17) is 0 Å². The normalized spacial score (nSPS) is 29.4. The molecule has 4 unspecified atom stereocenters. The number of hydrogen-bond acceptors (Lipinski definition) is 5. The molecular formula is C24H33NO3S. The summed E-state index contributed by atoms with van der Waals surface area (Å²) in [5.41, 5.74) is 0.0916. The third kappa shape index (κ3) is 4.99. The van der Waals surface area contributed by atoms with E-state index in [1.807, 2.05) is 18.2 Å². The molecule has 3 rings (SSSR count). The summed E-state index contributed by atoms with van der Waals surface area (Å²) in [7, 11) is 0. The second-order valence-electron chi connectivity index (χ2n) is 8.84.